The number of rotatable bonds is 5. The lowest BCUT2D eigenvalue weighted by Crippen LogP contribution is -2.00. The molecular formula is C17H12Cl2N4O2. The molecule has 1 aromatic heterocycles. The number of hydrogen-bond acceptors (Lipinski definition) is 5. The molecule has 0 unspecified atom stereocenters. The highest BCUT2D eigenvalue weighted by molar-refractivity contribution is 6.39. The van der Waals surface area contributed by atoms with Gasteiger partial charge in [-0.05, 0) is 36.4 Å². The molecule has 126 valence electrons. The van der Waals surface area contributed by atoms with Gasteiger partial charge in [-0.25, -0.2) is 14.8 Å². The van der Waals surface area contributed by atoms with Crippen LogP contribution < -0.4 is 10.6 Å². The summed E-state index contributed by atoms with van der Waals surface area (Å²) in [6.07, 6.45) is 1.39. The predicted octanol–water partition coefficient (Wildman–Crippen LogP) is 4.97. The Bertz CT molecular complexity index is 897. The maximum Gasteiger partial charge on any atom is 0.335 e. The SMILES string of the molecule is O=C(O)c1ccc(Nc2cc(Nc3c(Cl)cccc3Cl)ncn2)cc1. The number of anilines is 4. The van der Waals surface area contributed by atoms with E-state index in [0.29, 0.717) is 33.1 Å². The second-order valence-electron chi connectivity index (χ2n) is 5.02. The van der Waals surface area contributed by atoms with Gasteiger partial charge >= 0.3 is 5.97 Å². The largest absolute Gasteiger partial charge is 0.478 e. The monoisotopic (exact) mass is 374 g/mol. The molecule has 0 saturated heterocycles. The predicted molar refractivity (Wildman–Crippen MR) is 98.5 cm³/mol. The van der Waals surface area contributed by atoms with Gasteiger partial charge in [-0.3, -0.25) is 0 Å². The molecule has 3 aromatic rings. The number of nitrogens with zero attached hydrogens (tertiary/aromatic N) is 2. The molecule has 0 fully saturated rings. The number of carbonyl (C=O) groups is 1. The van der Waals surface area contributed by atoms with Crippen molar-refractivity contribution in [3.8, 4) is 0 Å². The summed E-state index contributed by atoms with van der Waals surface area (Å²) in [5.74, 6) is 0.0649. The molecule has 3 N–H and O–H groups in total. The molecule has 0 spiro atoms. The van der Waals surface area contributed by atoms with Crippen molar-refractivity contribution in [3.63, 3.8) is 0 Å². The average molecular weight is 375 g/mol. The average Bonchev–Trinajstić information content (AvgIpc) is 2.59. The maximum absolute atomic E-state index is 10.9. The first kappa shape index (κ1) is 17.0. The lowest BCUT2D eigenvalue weighted by atomic mass is 10.2. The third-order valence-electron chi connectivity index (χ3n) is 3.29. The zero-order chi connectivity index (χ0) is 17.8. The molecule has 0 amide bonds. The van der Waals surface area contributed by atoms with E-state index in [4.69, 9.17) is 28.3 Å². The van der Waals surface area contributed by atoms with Gasteiger partial charge in [0.25, 0.3) is 0 Å². The lowest BCUT2D eigenvalue weighted by Gasteiger charge is -2.11. The van der Waals surface area contributed by atoms with Crippen molar-refractivity contribution >= 4 is 52.2 Å². The highest BCUT2D eigenvalue weighted by atomic mass is 35.5. The number of hydrogen-bond donors (Lipinski definition) is 3. The van der Waals surface area contributed by atoms with E-state index >= 15 is 0 Å². The topological polar surface area (TPSA) is 87.1 Å². The first-order valence-electron chi connectivity index (χ1n) is 7.16. The number of benzene rings is 2. The van der Waals surface area contributed by atoms with E-state index in [1.54, 1.807) is 36.4 Å². The molecule has 2 aromatic carbocycles. The molecule has 0 radical (unpaired) electrons. The first-order chi connectivity index (χ1) is 12.0. The van der Waals surface area contributed by atoms with Crippen LogP contribution in [0.1, 0.15) is 10.4 Å². The van der Waals surface area contributed by atoms with Crippen LogP contribution in [0.4, 0.5) is 23.0 Å². The molecule has 6 nitrogen and oxygen atoms in total. The van der Waals surface area contributed by atoms with Gasteiger partial charge in [0.15, 0.2) is 0 Å². The lowest BCUT2D eigenvalue weighted by molar-refractivity contribution is 0.0697. The van der Waals surface area contributed by atoms with Gasteiger partial charge in [-0.15, -0.1) is 0 Å². The number of aromatic carboxylic acids is 1. The summed E-state index contributed by atoms with van der Waals surface area (Å²) < 4.78 is 0. The van der Waals surface area contributed by atoms with E-state index in [1.165, 1.54) is 18.5 Å². The van der Waals surface area contributed by atoms with Gasteiger partial charge in [0.05, 0.1) is 21.3 Å². The molecule has 0 atom stereocenters. The number of carboxylic acids is 1. The molecule has 0 aliphatic rings. The van der Waals surface area contributed by atoms with E-state index in [2.05, 4.69) is 20.6 Å². The van der Waals surface area contributed by atoms with Crippen molar-refractivity contribution in [1.82, 2.24) is 9.97 Å². The van der Waals surface area contributed by atoms with Crippen LogP contribution in [0.2, 0.25) is 10.0 Å². The van der Waals surface area contributed by atoms with Gasteiger partial charge in [0.1, 0.15) is 18.0 Å². The smallest absolute Gasteiger partial charge is 0.335 e. The van der Waals surface area contributed by atoms with Crippen LogP contribution in [-0.4, -0.2) is 21.0 Å². The van der Waals surface area contributed by atoms with Crippen LogP contribution in [0.15, 0.2) is 54.9 Å². The van der Waals surface area contributed by atoms with Gasteiger partial charge in [0, 0.05) is 11.8 Å². The van der Waals surface area contributed by atoms with E-state index in [0.717, 1.165) is 0 Å². The minimum absolute atomic E-state index is 0.212. The minimum Gasteiger partial charge on any atom is -0.478 e. The number of aromatic nitrogens is 2. The summed E-state index contributed by atoms with van der Waals surface area (Å²) in [4.78, 5) is 19.1. The summed E-state index contributed by atoms with van der Waals surface area (Å²) >= 11 is 12.3. The van der Waals surface area contributed by atoms with Gasteiger partial charge in [-0.2, -0.15) is 0 Å². The number of carboxylic acid groups (broad SMARTS) is 1. The molecule has 1 heterocycles. The van der Waals surface area contributed by atoms with E-state index in [1.807, 2.05) is 0 Å². The van der Waals surface area contributed by atoms with Gasteiger partial charge < -0.3 is 15.7 Å². The van der Waals surface area contributed by atoms with Crippen molar-refractivity contribution in [2.24, 2.45) is 0 Å². The van der Waals surface area contributed by atoms with Crippen molar-refractivity contribution in [2.45, 2.75) is 0 Å². The fourth-order valence-corrected chi connectivity index (χ4v) is 2.58. The van der Waals surface area contributed by atoms with Crippen LogP contribution in [-0.2, 0) is 0 Å². The standard InChI is InChI=1S/C17H12Cl2N4O2/c18-12-2-1-3-13(19)16(12)23-15-8-14(20-9-21-15)22-11-6-4-10(5-7-11)17(24)25/h1-9H,(H,24,25)(H2,20,21,22,23). The van der Waals surface area contributed by atoms with Crippen molar-refractivity contribution in [1.29, 1.82) is 0 Å². The number of nitrogens with one attached hydrogen (secondary N) is 2. The van der Waals surface area contributed by atoms with Crippen LogP contribution in [0.25, 0.3) is 0 Å². The Morgan fingerprint density at radius 2 is 1.52 bits per heavy atom. The summed E-state index contributed by atoms with van der Waals surface area (Å²) in [6, 6.07) is 13.2. The Morgan fingerprint density at radius 3 is 2.12 bits per heavy atom. The second kappa shape index (κ2) is 7.38. The molecule has 25 heavy (non-hydrogen) atoms. The normalized spacial score (nSPS) is 10.3. The van der Waals surface area contributed by atoms with Crippen molar-refractivity contribution in [3.05, 3.63) is 70.5 Å². The summed E-state index contributed by atoms with van der Waals surface area (Å²) in [5, 5.41) is 16.0. The molecule has 0 bridgehead atoms. The molecule has 0 aliphatic carbocycles. The zero-order valence-corrected chi connectivity index (χ0v) is 14.2. The molecule has 8 heteroatoms. The Hall–Kier alpha value is -2.83. The van der Waals surface area contributed by atoms with E-state index in [-0.39, 0.29) is 5.56 Å². The van der Waals surface area contributed by atoms with Gasteiger partial charge in [-0.1, -0.05) is 29.3 Å². The van der Waals surface area contributed by atoms with Crippen molar-refractivity contribution in [2.75, 3.05) is 10.6 Å². The number of halogens is 2. The highest BCUT2D eigenvalue weighted by Gasteiger charge is 2.08. The third kappa shape index (κ3) is 4.17. The highest BCUT2D eigenvalue weighted by Crippen LogP contribution is 2.32. The van der Waals surface area contributed by atoms with Crippen LogP contribution in [0.3, 0.4) is 0 Å². The summed E-state index contributed by atoms with van der Waals surface area (Å²) in [5.41, 5.74) is 1.47. The Morgan fingerprint density at radius 1 is 0.920 bits per heavy atom. The fraction of sp³-hybridized carbons (Fsp3) is 0. The second-order valence-corrected chi connectivity index (χ2v) is 5.83. The number of para-hydroxylation sites is 1. The third-order valence-corrected chi connectivity index (χ3v) is 3.92. The molecule has 3 rings (SSSR count). The summed E-state index contributed by atoms with van der Waals surface area (Å²) in [7, 11) is 0. The van der Waals surface area contributed by atoms with Gasteiger partial charge in [0.2, 0.25) is 0 Å². The summed E-state index contributed by atoms with van der Waals surface area (Å²) in [6.45, 7) is 0. The molecule has 0 saturated carbocycles. The van der Waals surface area contributed by atoms with Crippen molar-refractivity contribution < 1.29 is 9.90 Å². The Balaban J connectivity index is 1.78. The maximum atomic E-state index is 10.9. The fourth-order valence-electron chi connectivity index (χ4n) is 2.08. The zero-order valence-electron chi connectivity index (χ0n) is 12.7. The Labute approximate surface area is 153 Å². The van der Waals surface area contributed by atoms with E-state index in [9.17, 15) is 4.79 Å². The molecule has 0 aliphatic heterocycles. The quantitative estimate of drug-likeness (QED) is 0.584. The van der Waals surface area contributed by atoms with Crippen LogP contribution >= 0.6 is 23.2 Å². The minimum atomic E-state index is -0.975. The Kier molecular flexibility index (Phi) is 5.02. The molecular weight excluding hydrogens is 363 g/mol. The van der Waals surface area contributed by atoms with E-state index < -0.39 is 5.97 Å². The van der Waals surface area contributed by atoms with Crippen LogP contribution in [0, 0.1) is 0 Å². The van der Waals surface area contributed by atoms with Crippen LogP contribution in [0.5, 0.6) is 0 Å². The first-order valence-corrected chi connectivity index (χ1v) is 7.92.